The van der Waals surface area contributed by atoms with E-state index in [1.54, 1.807) is 6.92 Å². The quantitative estimate of drug-likeness (QED) is 0.528. The predicted molar refractivity (Wildman–Crippen MR) is 142 cm³/mol. The number of fused-ring (bicyclic) bond motifs is 5. The van der Waals surface area contributed by atoms with Crippen molar-refractivity contribution >= 4 is 11.8 Å². The summed E-state index contributed by atoms with van der Waals surface area (Å²) >= 11 is 0. The van der Waals surface area contributed by atoms with Gasteiger partial charge in [0.2, 0.25) is 11.8 Å². The van der Waals surface area contributed by atoms with Gasteiger partial charge in [-0.25, -0.2) is 0 Å². The molecule has 0 aromatic rings. The van der Waals surface area contributed by atoms with Gasteiger partial charge in [-0.05, 0) is 135 Å². The van der Waals surface area contributed by atoms with E-state index in [1.165, 1.54) is 70.6 Å². The second-order valence-corrected chi connectivity index (χ2v) is 15.3. The van der Waals surface area contributed by atoms with E-state index in [1.807, 2.05) is 18.0 Å². The number of amides is 2. The highest BCUT2D eigenvalue weighted by atomic mass is 16.2. The Balaban J connectivity index is 1.20. The Hall–Kier alpha value is -1.32. The smallest absolute Gasteiger partial charge is 0.246 e. The van der Waals surface area contributed by atoms with Crippen LogP contribution in [-0.2, 0) is 9.59 Å². The maximum absolute atomic E-state index is 12.7. The monoisotopic (exact) mass is 492 g/mol. The molecule has 1 unspecified atom stereocenters. The Morgan fingerprint density at radius 2 is 1.64 bits per heavy atom. The SMILES string of the molecule is CC(=O)NC([C@H]1CC[C@H]2[C@@H]3CC[C@H]4N(C)C(=O)C=C[C@]4(C)[C@H]3CC[C@]12C)C12CC3CC(CC(C3)C1)C2. The molecule has 1 heterocycles. The van der Waals surface area contributed by atoms with Gasteiger partial charge in [0.05, 0.1) is 0 Å². The van der Waals surface area contributed by atoms with Gasteiger partial charge < -0.3 is 10.2 Å². The van der Waals surface area contributed by atoms with Crippen molar-refractivity contribution < 1.29 is 9.59 Å². The molecule has 4 nitrogen and oxygen atoms in total. The maximum atomic E-state index is 12.7. The summed E-state index contributed by atoms with van der Waals surface area (Å²) in [6, 6.07) is 0.733. The van der Waals surface area contributed by atoms with Crippen LogP contribution in [0, 0.1) is 57.7 Å². The number of rotatable bonds is 3. The number of carbonyl (C=O) groups excluding carboxylic acids is 2. The molecule has 7 aliphatic carbocycles. The first kappa shape index (κ1) is 23.8. The fraction of sp³-hybridized carbons (Fsp3) is 0.875. The van der Waals surface area contributed by atoms with Crippen molar-refractivity contribution in [2.45, 2.75) is 110 Å². The Morgan fingerprint density at radius 3 is 2.28 bits per heavy atom. The van der Waals surface area contributed by atoms with Crippen LogP contribution in [0.1, 0.15) is 97.8 Å². The van der Waals surface area contributed by atoms with Crippen LogP contribution < -0.4 is 5.32 Å². The summed E-state index contributed by atoms with van der Waals surface area (Å²) in [6.07, 6.45) is 20.3. The van der Waals surface area contributed by atoms with Crippen molar-refractivity contribution in [1.29, 1.82) is 0 Å². The second-order valence-electron chi connectivity index (χ2n) is 15.3. The van der Waals surface area contributed by atoms with E-state index in [2.05, 4.69) is 25.2 Å². The van der Waals surface area contributed by atoms with Gasteiger partial charge in [0.15, 0.2) is 0 Å². The fourth-order valence-corrected chi connectivity index (χ4v) is 12.8. The molecule has 8 rings (SSSR count). The number of carbonyl (C=O) groups is 2. The number of nitrogens with one attached hydrogen (secondary N) is 1. The van der Waals surface area contributed by atoms with Crippen LogP contribution in [0.15, 0.2) is 12.2 Å². The van der Waals surface area contributed by atoms with Crippen LogP contribution in [-0.4, -0.2) is 35.8 Å². The fourth-order valence-electron chi connectivity index (χ4n) is 12.8. The molecule has 0 aromatic heterocycles. The van der Waals surface area contributed by atoms with E-state index >= 15 is 0 Å². The topological polar surface area (TPSA) is 49.4 Å². The third kappa shape index (κ3) is 3.17. The molecule has 0 spiro atoms. The first-order valence-electron chi connectivity index (χ1n) is 15.4. The summed E-state index contributed by atoms with van der Waals surface area (Å²) in [6.45, 7) is 6.87. The molecule has 4 heteroatoms. The minimum atomic E-state index is 0.113. The van der Waals surface area contributed by atoms with Crippen LogP contribution in [0.3, 0.4) is 0 Å². The lowest BCUT2D eigenvalue weighted by Crippen LogP contribution is -2.63. The first-order chi connectivity index (χ1) is 17.1. The molecule has 4 bridgehead atoms. The molecule has 0 radical (unpaired) electrons. The normalized spacial score (nSPS) is 53.6. The molecule has 0 aromatic carbocycles. The highest BCUT2D eigenvalue weighted by Gasteiger charge is 2.64. The molecule has 7 saturated carbocycles. The minimum Gasteiger partial charge on any atom is -0.353 e. The molecular weight excluding hydrogens is 444 g/mol. The molecule has 0 saturated heterocycles. The number of likely N-dealkylation sites (N-methyl/N-ethyl adjacent to an activating group) is 1. The van der Waals surface area contributed by atoms with Crippen molar-refractivity contribution in [3.63, 3.8) is 0 Å². The van der Waals surface area contributed by atoms with E-state index < -0.39 is 0 Å². The molecular formula is C32H48N2O2. The highest BCUT2D eigenvalue weighted by molar-refractivity contribution is 5.89. The summed E-state index contributed by atoms with van der Waals surface area (Å²) < 4.78 is 0. The molecule has 2 amide bonds. The summed E-state index contributed by atoms with van der Waals surface area (Å²) in [4.78, 5) is 27.2. The lowest BCUT2D eigenvalue weighted by atomic mass is 9.43. The lowest BCUT2D eigenvalue weighted by Gasteiger charge is -2.63. The van der Waals surface area contributed by atoms with E-state index in [0.29, 0.717) is 34.7 Å². The Morgan fingerprint density at radius 1 is 0.972 bits per heavy atom. The number of hydrogen-bond acceptors (Lipinski definition) is 2. The third-order valence-corrected chi connectivity index (χ3v) is 13.7. The van der Waals surface area contributed by atoms with Crippen LogP contribution in [0.2, 0.25) is 0 Å². The second kappa shape index (κ2) is 7.85. The average Bonchev–Trinajstić information content (AvgIpc) is 3.16. The van der Waals surface area contributed by atoms with Gasteiger partial charge in [0.1, 0.15) is 0 Å². The zero-order chi connectivity index (χ0) is 25.0. The molecule has 8 aliphatic rings. The molecule has 1 aliphatic heterocycles. The van der Waals surface area contributed by atoms with Crippen molar-refractivity contribution in [2.24, 2.45) is 57.7 Å². The average molecular weight is 493 g/mol. The van der Waals surface area contributed by atoms with Gasteiger partial charge in [-0.2, -0.15) is 0 Å². The van der Waals surface area contributed by atoms with Crippen molar-refractivity contribution in [3.8, 4) is 0 Å². The summed E-state index contributed by atoms with van der Waals surface area (Å²) in [5.41, 5.74) is 0.807. The zero-order valence-corrected chi connectivity index (χ0v) is 23.1. The highest BCUT2D eigenvalue weighted by Crippen LogP contribution is 2.69. The molecule has 36 heavy (non-hydrogen) atoms. The number of nitrogens with zero attached hydrogens (tertiary/aromatic N) is 1. The largest absolute Gasteiger partial charge is 0.353 e. The summed E-state index contributed by atoms with van der Waals surface area (Å²) in [7, 11) is 2.02. The van der Waals surface area contributed by atoms with E-state index in [-0.39, 0.29) is 17.2 Å². The Labute approximate surface area is 218 Å². The minimum absolute atomic E-state index is 0.113. The van der Waals surface area contributed by atoms with E-state index in [9.17, 15) is 9.59 Å². The first-order valence-corrected chi connectivity index (χ1v) is 15.4. The molecule has 8 atom stereocenters. The Kier molecular flexibility index (Phi) is 5.19. The van der Waals surface area contributed by atoms with Gasteiger partial charge in [0.25, 0.3) is 0 Å². The van der Waals surface area contributed by atoms with Crippen LogP contribution in [0.4, 0.5) is 0 Å². The van der Waals surface area contributed by atoms with E-state index in [4.69, 9.17) is 0 Å². The van der Waals surface area contributed by atoms with Crippen LogP contribution in [0.25, 0.3) is 0 Å². The van der Waals surface area contributed by atoms with Gasteiger partial charge in [-0.1, -0.05) is 19.9 Å². The van der Waals surface area contributed by atoms with Crippen molar-refractivity contribution in [3.05, 3.63) is 12.2 Å². The van der Waals surface area contributed by atoms with Crippen molar-refractivity contribution in [1.82, 2.24) is 10.2 Å². The Bertz CT molecular complexity index is 951. The summed E-state index contributed by atoms with van der Waals surface area (Å²) in [5, 5.41) is 3.68. The van der Waals surface area contributed by atoms with Crippen molar-refractivity contribution in [2.75, 3.05) is 7.05 Å². The van der Waals surface area contributed by atoms with Gasteiger partial charge in [0, 0.05) is 31.5 Å². The van der Waals surface area contributed by atoms with Gasteiger partial charge in [-0.3, -0.25) is 9.59 Å². The standard InChI is InChI=1S/C32H48N2O2/c1-19(35)33-29(32-16-20-13-21(17-32)15-22(14-20)18-32)26-7-6-24-23-5-8-27-31(3,12-10-28(36)34(27)4)25(23)9-11-30(24,26)2/h10,12,20-27,29H,5-9,11,13-18H2,1-4H3,(H,33,35)/t20?,21?,22?,23-,24-,25-,26+,27+,29?,30-,31+,32?/m0/s1. The lowest BCUT2D eigenvalue weighted by molar-refractivity contribution is -0.143. The van der Waals surface area contributed by atoms with Crippen LogP contribution in [0.5, 0.6) is 0 Å². The number of hydrogen-bond donors (Lipinski definition) is 1. The zero-order valence-electron chi connectivity index (χ0n) is 23.1. The van der Waals surface area contributed by atoms with E-state index in [0.717, 1.165) is 36.0 Å². The predicted octanol–water partition coefficient (Wildman–Crippen LogP) is 5.96. The molecule has 7 fully saturated rings. The summed E-state index contributed by atoms with van der Waals surface area (Å²) in [5.74, 6) is 5.97. The molecule has 1 N–H and O–H groups in total. The third-order valence-electron chi connectivity index (χ3n) is 13.7. The van der Waals surface area contributed by atoms with Gasteiger partial charge >= 0.3 is 0 Å². The van der Waals surface area contributed by atoms with Gasteiger partial charge in [-0.15, -0.1) is 0 Å². The maximum Gasteiger partial charge on any atom is 0.246 e. The molecule has 198 valence electrons. The van der Waals surface area contributed by atoms with Crippen LogP contribution >= 0.6 is 0 Å².